The van der Waals surface area contributed by atoms with Crippen LogP contribution in [0.25, 0.3) is 16.8 Å². The van der Waals surface area contributed by atoms with Crippen molar-refractivity contribution in [3.63, 3.8) is 0 Å². The van der Waals surface area contributed by atoms with Crippen molar-refractivity contribution in [1.82, 2.24) is 24.9 Å². The van der Waals surface area contributed by atoms with E-state index in [2.05, 4.69) is 15.1 Å². The predicted octanol–water partition coefficient (Wildman–Crippen LogP) is 3.60. The van der Waals surface area contributed by atoms with Crippen LogP contribution in [0.2, 0.25) is 0 Å². The first-order valence-electron chi connectivity index (χ1n) is 11.1. The molecule has 0 aliphatic carbocycles. The fourth-order valence-corrected chi connectivity index (χ4v) is 5.05. The number of para-hydroxylation sites is 2. The molecule has 32 heavy (non-hydrogen) atoms. The number of hydrogen-bond donors (Lipinski definition) is 0. The van der Waals surface area contributed by atoms with Crippen molar-refractivity contribution in [3.8, 4) is 5.69 Å². The number of likely N-dealkylation sites (tertiary alicyclic amines) is 1. The highest BCUT2D eigenvalue weighted by molar-refractivity contribution is 5.98. The Balaban J connectivity index is 1.31. The monoisotopic (exact) mass is 428 g/mol. The number of rotatable bonds is 3. The first-order valence-corrected chi connectivity index (χ1v) is 11.1. The van der Waals surface area contributed by atoms with E-state index < -0.39 is 0 Å². The molecule has 2 atom stereocenters. The molecule has 0 spiro atoms. The van der Waals surface area contributed by atoms with Crippen LogP contribution in [0.15, 0.2) is 59.3 Å². The van der Waals surface area contributed by atoms with Gasteiger partial charge in [0.1, 0.15) is 5.52 Å². The molecule has 2 unspecified atom stereocenters. The zero-order chi connectivity index (χ0) is 21.7. The summed E-state index contributed by atoms with van der Waals surface area (Å²) in [4.78, 5) is 24.2. The van der Waals surface area contributed by atoms with Crippen LogP contribution in [0.3, 0.4) is 0 Å². The van der Waals surface area contributed by atoms with E-state index in [-0.39, 0.29) is 11.9 Å². The number of carbonyl (C=O) groups is 1. The largest absolute Gasteiger partial charge is 0.423 e. The lowest BCUT2D eigenvalue weighted by Crippen LogP contribution is -2.41. The highest BCUT2D eigenvalue weighted by atomic mass is 16.4. The van der Waals surface area contributed by atoms with Crippen molar-refractivity contribution in [1.29, 1.82) is 0 Å². The number of aryl methyl sites for hydroxylation is 1. The Bertz CT molecular complexity index is 1250. The van der Waals surface area contributed by atoms with E-state index >= 15 is 0 Å². The normalized spacial score (nSPS) is 20.7. The molecule has 8 nitrogen and oxygen atoms in total. The summed E-state index contributed by atoms with van der Waals surface area (Å²) in [5.41, 5.74) is 4.04. The number of oxazole rings is 1. The second kappa shape index (κ2) is 7.47. The Labute approximate surface area is 185 Å². The van der Waals surface area contributed by atoms with Gasteiger partial charge in [-0.05, 0) is 50.5 Å². The number of carbonyl (C=O) groups excluding carboxylic acids is 1. The molecule has 4 heterocycles. The molecule has 2 aliphatic heterocycles. The van der Waals surface area contributed by atoms with Gasteiger partial charge >= 0.3 is 0 Å². The van der Waals surface area contributed by atoms with Crippen molar-refractivity contribution < 1.29 is 9.21 Å². The Hall–Kier alpha value is -3.68. The summed E-state index contributed by atoms with van der Waals surface area (Å²) in [6.45, 7) is 3.35. The number of benzene rings is 2. The molecular weight excluding hydrogens is 404 g/mol. The Morgan fingerprint density at radius 1 is 1.03 bits per heavy atom. The van der Waals surface area contributed by atoms with Crippen LogP contribution in [-0.2, 0) is 0 Å². The van der Waals surface area contributed by atoms with Crippen LogP contribution in [0, 0.1) is 6.92 Å². The average Bonchev–Trinajstić information content (AvgIpc) is 3.51. The van der Waals surface area contributed by atoms with Gasteiger partial charge in [-0.3, -0.25) is 4.79 Å². The maximum Gasteiger partial charge on any atom is 0.298 e. The molecule has 4 aromatic rings. The van der Waals surface area contributed by atoms with Crippen LogP contribution in [0.1, 0.15) is 35.2 Å². The number of fused-ring (bicyclic) bond motifs is 3. The maximum atomic E-state index is 13.7. The lowest BCUT2D eigenvalue weighted by Gasteiger charge is -2.28. The molecule has 0 N–H and O–H groups in total. The minimum absolute atomic E-state index is 0.0195. The van der Waals surface area contributed by atoms with Gasteiger partial charge in [0, 0.05) is 19.1 Å². The highest BCUT2D eigenvalue weighted by Crippen LogP contribution is 2.36. The van der Waals surface area contributed by atoms with Gasteiger partial charge in [-0.2, -0.15) is 20.0 Å². The number of anilines is 1. The van der Waals surface area contributed by atoms with Crippen LogP contribution >= 0.6 is 0 Å². The van der Waals surface area contributed by atoms with Crippen LogP contribution < -0.4 is 4.90 Å². The molecule has 2 bridgehead atoms. The second-order valence-corrected chi connectivity index (χ2v) is 8.64. The number of hydrogen-bond acceptors (Lipinski definition) is 6. The van der Waals surface area contributed by atoms with Crippen molar-refractivity contribution in [2.45, 2.75) is 38.3 Å². The molecule has 6 rings (SSSR count). The molecule has 2 aliphatic rings. The summed E-state index contributed by atoms with van der Waals surface area (Å²) in [5, 5.41) is 8.48. The number of aromatic nitrogens is 4. The molecule has 2 saturated heterocycles. The Morgan fingerprint density at radius 3 is 2.69 bits per heavy atom. The summed E-state index contributed by atoms with van der Waals surface area (Å²) < 4.78 is 6.10. The quantitative estimate of drug-likeness (QED) is 0.496. The SMILES string of the molecule is Cc1ccc(-n2nccn2)c(C(=O)N2CCC3CCC(C2)N3c2nc3ccccc3o2)c1. The summed E-state index contributed by atoms with van der Waals surface area (Å²) in [6.07, 6.45) is 6.25. The maximum absolute atomic E-state index is 13.7. The van der Waals surface area contributed by atoms with Gasteiger partial charge in [-0.25, -0.2) is 0 Å². The second-order valence-electron chi connectivity index (χ2n) is 8.64. The van der Waals surface area contributed by atoms with Crippen LogP contribution in [0.5, 0.6) is 0 Å². The van der Waals surface area contributed by atoms with E-state index in [9.17, 15) is 4.79 Å². The molecule has 0 saturated carbocycles. The third-order valence-corrected chi connectivity index (χ3v) is 6.59. The van der Waals surface area contributed by atoms with Gasteiger partial charge in [-0.1, -0.05) is 23.8 Å². The van der Waals surface area contributed by atoms with E-state index in [0.717, 1.165) is 35.9 Å². The third-order valence-electron chi connectivity index (χ3n) is 6.59. The molecule has 1 amide bonds. The lowest BCUT2D eigenvalue weighted by molar-refractivity contribution is 0.0748. The van der Waals surface area contributed by atoms with Gasteiger partial charge in [-0.15, -0.1) is 0 Å². The summed E-state index contributed by atoms with van der Waals surface area (Å²) in [5.74, 6) is 0.0195. The summed E-state index contributed by atoms with van der Waals surface area (Å²) >= 11 is 0. The zero-order valence-electron chi connectivity index (χ0n) is 17.9. The standard InChI is InChI=1S/C24H24N6O2/c1-16-6-9-21(30-25-11-12-26-30)19(14-16)23(31)28-13-10-17-7-8-18(15-28)29(17)24-27-20-4-2-3-5-22(20)32-24/h2-6,9,11-12,14,17-18H,7-8,10,13,15H2,1H3. The summed E-state index contributed by atoms with van der Waals surface area (Å²) in [7, 11) is 0. The van der Waals surface area contributed by atoms with Crippen molar-refractivity contribution in [2.24, 2.45) is 0 Å². The Kier molecular flexibility index (Phi) is 4.45. The number of nitrogens with zero attached hydrogens (tertiary/aromatic N) is 6. The molecule has 162 valence electrons. The fourth-order valence-electron chi connectivity index (χ4n) is 5.05. The first kappa shape index (κ1) is 19.0. The predicted molar refractivity (Wildman–Crippen MR) is 120 cm³/mol. The highest BCUT2D eigenvalue weighted by Gasteiger charge is 2.41. The van der Waals surface area contributed by atoms with E-state index in [4.69, 9.17) is 9.40 Å². The summed E-state index contributed by atoms with van der Waals surface area (Å²) in [6, 6.07) is 14.9. The van der Waals surface area contributed by atoms with E-state index in [1.807, 2.05) is 54.3 Å². The van der Waals surface area contributed by atoms with Crippen molar-refractivity contribution in [2.75, 3.05) is 18.0 Å². The molecule has 0 radical (unpaired) electrons. The van der Waals surface area contributed by atoms with Crippen LogP contribution in [-0.4, -0.2) is 56.0 Å². The van der Waals surface area contributed by atoms with Crippen LogP contribution in [0.4, 0.5) is 6.01 Å². The zero-order valence-corrected chi connectivity index (χ0v) is 17.9. The minimum Gasteiger partial charge on any atom is -0.423 e. The lowest BCUT2D eigenvalue weighted by atomic mass is 10.1. The van der Waals surface area contributed by atoms with Crippen molar-refractivity contribution in [3.05, 3.63) is 66.0 Å². The molecule has 2 aromatic heterocycles. The first-order chi connectivity index (χ1) is 15.7. The van der Waals surface area contributed by atoms with E-state index in [1.165, 1.54) is 4.80 Å². The van der Waals surface area contributed by atoms with Gasteiger partial charge in [0.2, 0.25) is 0 Å². The smallest absolute Gasteiger partial charge is 0.298 e. The third kappa shape index (κ3) is 3.14. The Morgan fingerprint density at radius 2 is 1.84 bits per heavy atom. The molecule has 2 aromatic carbocycles. The van der Waals surface area contributed by atoms with Gasteiger partial charge < -0.3 is 14.2 Å². The molecule has 2 fully saturated rings. The average molecular weight is 428 g/mol. The van der Waals surface area contributed by atoms with E-state index in [0.29, 0.717) is 36.4 Å². The van der Waals surface area contributed by atoms with Gasteiger partial charge in [0.05, 0.1) is 29.7 Å². The fraction of sp³-hybridized carbons (Fsp3) is 0.333. The molecular formula is C24H24N6O2. The topological polar surface area (TPSA) is 80.3 Å². The van der Waals surface area contributed by atoms with Gasteiger partial charge in [0.25, 0.3) is 11.9 Å². The van der Waals surface area contributed by atoms with E-state index in [1.54, 1.807) is 12.4 Å². The minimum atomic E-state index is 0.0195. The van der Waals surface area contributed by atoms with Gasteiger partial charge in [0.15, 0.2) is 5.58 Å². The molecule has 8 heteroatoms. The van der Waals surface area contributed by atoms with Crippen molar-refractivity contribution >= 4 is 23.0 Å². The number of amides is 1.